The number of nitrogens with two attached hydrogens (primary N) is 2. The summed E-state index contributed by atoms with van der Waals surface area (Å²) in [4.78, 5) is 24.8. The molecule has 158 valence electrons. The second kappa shape index (κ2) is 11.3. The number of esters is 2. The molecule has 0 aliphatic rings. The van der Waals surface area contributed by atoms with Gasteiger partial charge in [0.1, 0.15) is 6.04 Å². The van der Waals surface area contributed by atoms with Crippen LogP contribution in [0.2, 0.25) is 0 Å². The van der Waals surface area contributed by atoms with Gasteiger partial charge in [-0.05, 0) is 30.2 Å². The Kier molecular flexibility index (Phi) is 9.75. The Morgan fingerprint density at radius 2 is 1.54 bits per heavy atom. The molecule has 6 N–H and O–H groups in total. The zero-order chi connectivity index (χ0) is 21.4. The standard InChI is InChI=1S/C21H34N2O5/c1-12(2)10-16(22)19(25)18(24)15(11-14-8-6-5-7-9-14)20(26)28-21(27)17(23)13(3)4/h5-9,12-13,15-19,24-25H,10-11,22-23H2,1-4H3/t15?,16?,17-,18?,19?/m0/s1. The fraction of sp³-hybridized carbons (Fsp3) is 0.619. The van der Waals surface area contributed by atoms with Gasteiger partial charge < -0.3 is 26.4 Å². The summed E-state index contributed by atoms with van der Waals surface area (Å²) in [6.45, 7) is 7.37. The SMILES string of the molecule is CC(C)CC(N)C(O)C(O)C(Cc1ccccc1)C(=O)OC(=O)[C@@H](N)C(C)C. The summed E-state index contributed by atoms with van der Waals surface area (Å²) in [6, 6.07) is 7.33. The molecule has 7 heteroatoms. The molecule has 0 fully saturated rings. The van der Waals surface area contributed by atoms with Crippen LogP contribution in [-0.2, 0) is 20.7 Å². The number of benzene rings is 1. The molecule has 0 saturated heterocycles. The normalized spacial score (nSPS) is 17.1. The van der Waals surface area contributed by atoms with E-state index in [-0.39, 0.29) is 18.3 Å². The first-order chi connectivity index (χ1) is 13.0. The number of hydrogen-bond donors (Lipinski definition) is 4. The smallest absolute Gasteiger partial charge is 0.330 e. The minimum Gasteiger partial charge on any atom is -0.392 e. The molecule has 1 rings (SSSR count). The van der Waals surface area contributed by atoms with Crippen LogP contribution in [0.5, 0.6) is 0 Å². The maximum Gasteiger partial charge on any atom is 0.330 e. The Morgan fingerprint density at radius 1 is 0.964 bits per heavy atom. The molecular formula is C21H34N2O5. The van der Waals surface area contributed by atoms with Crippen molar-refractivity contribution in [1.82, 2.24) is 0 Å². The Balaban J connectivity index is 3.00. The van der Waals surface area contributed by atoms with Crippen LogP contribution in [0.1, 0.15) is 39.7 Å². The van der Waals surface area contributed by atoms with E-state index in [9.17, 15) is 19.8 Å². The summed E-state index contributed by atoms with van der Waals surface area (Å²) in [6.07, 6.45) is -2.25. The van der Waals surface area contributed by atoms with Gasteiger partial charge in [-0.1, -0.05) is 58.0 Å². The number of aliphatic hydroxyl groups is 2. The molecule has 0 aliphatic carbocycles. The van der Waals surface area contributed by atoms with Crippen molar-refractivity contribution in [3.63, 3.8) is 0 Å². The molecule has 28 heavy (non-hydrogen) atoms. The second-order valence-corrected chi connectivity index (χ2v) is 8.08. The van der Waals surface area contributed by atoms with E-state index in [0.29, 0.717) is 6.42 Å². The summed E-state index contributed by atoms with van der Waals surface area (Å²) >= 11 is 0. The van der Waals surface area contributed by atoms with Crippen molar-refractivity contribution in [2.75, 3.05) is 0 Å². The van der Waals surface area contributed by atoms with E-state index in [1.54, 1.807) is 38.1 Å². The lowest BCUT2D eigenvalue weighted by atomic mass is 9.86. The van der Waals surface area contributed by atoms with E-state index >= 15 is 0 Å². The van der Waals surface area contributed by atoms with E-state index in [0.717, 1.165) is 5.56 Å². The fourth-order valence-corrected chi connectivity index (χ4v) is 2.90. The zero-order valence-corrected chi connectivity index (χ0v) is 17.1. The molecule has 0 aromatic heterocycles. The Hall–Kier alpha value is -1.80. The fourth-order valence-electron chi connectivity index (χ4n) is 2.90. The summed E-state index contributed by atoms with van der Waals surface area (Å²) in [5.41, 5.74) is 12.5. The highest BCUT2D eigenvalue weighted by molar-refractivity contribution is 5.89. The van der Waals surface area contributed by atoms with E-state index in [2.05, 4.69) is 0 Å². The third-order valence-electron chi connectivity index (χ3n) is 4.74. The second-order valence-electron chi connectivity index (χ2n) is 8.08. The van der Waals surface area contributed by atoms with Crippen LogP contribution in [0.4, 0.5) is 0 Å². The van der Waals surface area contributed by atoms with Crippen LogP contribution < -0.4 is 11.5 Å². The van der Waals surface area contributed by atoms with Crippen LogP contribution in [0.15, 0.2) is 30.3 Å². The quantitative estimate of drug-likeness (QED) is 0.343. The molecule has 5 atom stereocenters. The molecule has 0 spiro atoms. The van der Waals surface area contributed by atoms with Crippen LogP contribution >= 0.6 is 0 Å². The third kappa shape index (κ3) is 7.31. The van der Waals surface area contributed by atoms with Gasteiger partial charge in [-0.25, -0.2) is 4.79 Å². The number of ether oxygens (including phenoxy) is 1. The molecule has 4 unspecified atom stereocenters. The first-order valence-electron chi connectivity index (χ1n) is 9.71. The van der Waals surface area contributed by atoms with E-state index in [1.165, 1.54) is 0 Å². The highest BCUT2D eigenvalue weighted by Crippen LogP contribution is 2.21. The van der Waals surface area contributed by atoms with Gasteiger partial charge >= 0.3 is 11.9 Å². The Morgan fingerprint density at radius 3 is 2.04 bits per heavy atom. The van der Waals surface area contributed by atoms with Crippen molar-refractivity contribution in [2.45, 2.75) is 64.8 Å². The van der Waals surface area contributed by atoms with E-state index in [1.807, 2.05) is 19.9 Å². The van der Waals surface area contributed by atoms with Gasteiger partial charge in [0, 0.05) is 6.04 Å². The number of rotatable bonds is 10. The Labute approximate surface area is 167 Å². The van der Waals surface area contributed by atoms with Crippen molar-refractivity contribution in [2.24, 2.45) is 29.2 Å². The van der Waals surface area contributed by atoms with Crippen molar-refractivity contribution < 1.29 is 24.5 Å². The molecule has 0 radical (unpaired) electrons. The minimum absolute atomic E-state index is 0.0937. The number of carbonyl (C=O) groups excluding carboxylic acids is 2. The van der Waals surface area contributed by atoms with E-state index < -0.39 is 42.1 Å². The molecule has 0 saturated carbocycles. The molecule has 7 nitrogen and oxygen atoms in total. The summed E-state index contributed by atoms with van der Waals surface area (Å²) in [5, 5.41) is 21.2. The molecule has 0 aliphatic heterocycles. The van der Waals surface area contributed by atoms with Crippen LogP contribution in [0.25, 0.3) is 0 Å². The molecule has 0 heterocycles. The van der Waals surface area contributed by atoms with Gasteiger partial charge in [-0.15, -0.1) is 0 Å². The predicted octanol–water partition coefficient (Wildman–Crippen LogP) is 0.994. The summed E-state index contributed by atoms with van der Waals surface area (Å²) in [5.74, 6) is -2.93. The van der Waals surface area contributed by atoms with Gasteiger partial charge in [0.2, 0.25) is 0 Å². The number of carbonyl (C=O) groups is 2. The summed E-state index contributed by atoms with van der Waals surface area (Å²) < 4.78 is 4.93. The maximum atomic E-state index is 12.7. The van der Waals surface area contributed by atoms with Gasteiger partial charge in [-0.2, -0.15) is 0 Å². The highest BCUT2D eigenvalue weighted by Gasteiger charge is 2.38. The van der Waals surface area contributed by atoms with Crippen molar-refractivity contribution >= 4 is 11.9 Å². The predicted molar refractivity (Wildman–Crippen MR) is 107 cm³/mol. The van der Waals surface area contributed by atoms with Crippen molar-refractivity contribution in [3.05, 3.63) is 35.9 Å². The number of aliphatic hydroxyl groups excluding tert-OH is 2. The van der Waals surface area contributed by atoms with Crippen molar-refractivity contribution in [1.29, 1.82) is 0 Å². The molecule has 1 aromatic rings. The van der Waals surface area contributed by atoms with Gasteiger partial charge in [0.25, 0.3) is 0 Å². The van der Waals surface area contributed by atoms with Gasteiger partial charge in [0.15, 0.2) is 0 Å². The average Bonchev–Trinajstić information content (AvgIpc) is 2.64. The van der Waals surface area contributed by atoms with Crippen molar-refractivity contribution in [3.8, 4) is 0 Å². The first-order valence-corrected chi connectivity index (χ1v) is 9.71. The minimum atomic E-state index is -1.48. The molecule has 0 amide bonds. The maximum absolute atomic E-state index is 12.7. The molecular weight excluding hydrogens is 360 g/mol. The number of hydrogen-bond acceptors (Lipinski definition) is 7. The lowest BCUT2D eigenvalue weighted by molar-refractivity contribution is -0.168. The highest BCUT2D eigenvalue weighted by atomic mass is 16.6. The Bertz CT molecular complexity index is 620. The summed E-state index contributed by atoms with van der Waals surface area (Å²) in [7, 11) is 0. The lowest BCUT2D eigenvalue weighted by Crippen LogP contribution is -2.50. The van der Waals surface area contributed by atoms with Crippen LogP contribution in [0.3, 0.4) is 0 Å². The average molecular weight is 395 g/mol. The van der Waals surface area contributed by atoms with E-state index in [4.69, 9.17) is 16.2 Å². The third-order valence-corrected chi connectivity index (χ3v) is 4.74. The molecule has 1 aromatic carbocycles. The largest absolute Gasteiger partial charge is 0.392 e. The monoisotopic (exact) mass is 394 g/mol. The zero-order valence-electron chi connectivity index (χ0n) is 17.1. The molecule has 0 bridgehead atoms. The van der Waals surface area contributed by atoms with Crippen LogP contribution in [-0.4, -0.2) is 46.4 Å². The van der Waals surface area contributed by atoms with Gasteiger partial charge in [0.05, 0.1) is 18.1 Å². The first kappa shape index (κ1) is 24.2. The topological polar surface area (TPSA) is 136 Å². The van der Waals surface area contributed by atoms with Crippen LogP contribution in [0, 0.1) is 17.8 Å². The van der Waals surface area contributed by atoms with Gasteiger partial charge in [-0.3, -0.25) is 4.79 Å². The lowest BCUT2D eigenvalue weighted by Gasteiger charge is -2.30.